The lowest BCUT2D eigenvalue weighted by molar-refractivity contribution is -0.144. The van der Waals surface area contributed by atoms with Crippen LogP contribution < -0.4 is 5.32 Å². The molecule has 0 spiro atoms. The third-order valence-electron chi connectivity index (χ3n) is 2.67. The van der Waals surface area contributed by atoms with E-state index in [9.17, 15) is 13.2 Å². The maximum Gasteiger partial charge on any atom is 0.307 e. The third-order valence-corrected chi connectivity index (χ3v) is 3.70. The van der Waals surface area contributed by atoms with E-state index in [0.717, 1.165) is 0 Å². The maximum atomic E-state index is 10.9. The molecule has 1 aliphatic rings. The molecule has 2 N–H and O–H groups in total. The Morgan fingerprint density at radius 1 is 1.47 bits per heavy atom. The molecule has 0 aromatic rings. The summed E-state index contributed by atoms with van der Waals surface area (Å²) in [6, 6.07) is 0. The van der Waals surface area contributed by atoms with Crippen LogP contribution >= 0.6 is 0 Å². The van der Waals surface area contributed by atoms with Gasteiger partial charge in [-0.05, 0) is 12.8 Å². The quantitative estimate of drug-likeness (QED) is 0.629. The molecular formula is C10H19NO5S. The predicted molar refractivity (Wildman–Crippen MR) is 62.7 cm³/mol. The summed E-state index contributed by atoms with van der Waals surface area (Å²) in [6.45, 7) is 1.45. The van der Waals surface area contributed by atoms with Gasteiger partial charge < -0.3 is 15.2 Å². The second-order valence-corrected chi connectivity index (χ2v) is 6.67. The highest BCUT2D eigenvalue weighted by Crippen LogP contribution is 2.13. The average Bonchev–Trinajstić information content (AvgIpc) is 2.23. The fraction of sp³-hybridized carbons (Fsp3) is 0.900. The lowest BCUT2D eigenvalue weighted by Crippen LogP contribution is -2.43. The minimum Gasteiger partial charge on any atom is -0.481 e. The van der Waals surface area contributed by atoms with Gasteiger partial charge in [-0.25, -0.2) is 8.42 Å². The Labute approximate surface area is 101 Å². The van der Waals surface area contributed by atoms with Crippen LogP contribution in [0.2, 0.25) is 0 Å². The lowest BCUT2D eigenvalue weighted by atomic mass is 9.98. The molecule has 2 atom stereocenters. The Kier molecular flexibility index (Phi) is 5.35. The normalized spacial score (nSPS) is 25.7. The van der Waals surface area contributed by atoms with E-state index in [1.807, 2.05) is 0 Å². The van der Waals surface area contributed by atoms with Gasteiger partial charge in [-0.1, -0.05) is 0 Å². The van der Waals surface area contributed by atoms with E-state index in [4.69, 9.17) is 9.84 Å². The van der Waals surface area contributed by atoms with Crippen LogP contribution in [0.1, 0.15) is 12.8 Å². The van der Waals surface area contributed by atoms with Crippen LogP contribution in [-0.2, 0) is 19.4 Å². The van der Waals surface area contributed by atoms with E-state index in [0.29, 0.717) is 32.5 Å². The van der Waals surface area contributed by atoms with E-state index in [-0.39, 0.29) is 11.9 Å². The maximum absolute atomic E-state index is 10.9. The van der Waals surface area contributed by atoms with Gasteiger partial charge in [0.1, 0.15) is 9.84 Å². The van der Waals surface area contributed by atoms with Crippen molar-refractivity contribution in [1.29, 1.82) is 0 Å². The molecule has 0 aromatic heterocycles. The largest absolute Gasteiger partial charge is 0.481 e. The molecule has 17 heavy (non-hydrogen) atoms. The van der Waals surface area contributed by atoms with E-state index in [1.54, 1.807) is 0 Å². The minimum absolute atomic E-state index is 0.107. The Morgan fingerprint density at radius 3 is 2.76 bits per heavy atom. The number of piperidine rings is 1. The van der Waals surface area contributed by atoms with Crippen LogP contribution in [0.15, 0.2) is 0 Å². The first-order valence-electron chi connectivity index (χ1n) is 5.61. The molecule has 0 aromatic carbocycles. The second kappa shape index (κ2) is 6.32. The van der Waals surface area contributed by atoms with Crippen LogP contribution in [0.4, 0.5) is 0 Å². The summed E-state index contributed by atoms with van der Waals surface area (Å²) in [5.74, 6) is -1.12. The summed E-state index contributed by atoms with van der Waals surface area (Å²) < 4.78 is 27.2. The monoisotopic (exact) mass is 265 g/mol. The molecule has 100 valence electrons. The standard InChI is InChI=1S/C10H19NO5S/c1-17(14,15)4-2-3-16-9-5-8(10(12)13)6-11-7-9/h8-9,11H,2-7H2,1H3,(H,12,13). The van der Waals surface area contributed by atoms with Crippen LogP contribution in [-0.4, -0.2) is 57.3 Å². The first-order valence-corrected chi connectivity index (χ1v) is 7.67. The molecule has 0 aliphatic carbocycles. The first kappa shape index (κ1) is 14.4. The smallest absolute Gasteiger partial charge is 0.307 e. The van der Waals surface area contributed by atoms with Gasteiger partial charge in [-0.3, -0.25) is 4.79 Å². The van der Waals surface area contributed by atoms with Crippen molar-refractivity contribution in [3.05, 3.63) is 0 Å². The topological polar surface area (TPSA) is 92.7 Å². The predicted octanol–water partition coefficient (Wildman–Crippen LogP) is -0.500. The molecule has 0 saturated carbocycles. The number of carbonyl (C=O) groups is 1. The van der Waals surface area contributed by atoms with Gasteiger partial charge in [0.25, 0.3) is 0 Å². The highest BCUT2D eigenvalue weighted by Gasteiger charge is 2.26. The van der Waals surface area contributed by atoms with E-state index < -0.39 is 21.7 Å². The number of ether oxygens (including phenoxy) is 1. The molecule has 6 nitrogen and oxygen atoms in total. The van der Waals surface area contributed by atoms with Crippen molar-refractivity contribution in [3.8, 4) is 0 Å². The van der Waals surface area contributed by atoms with Crippen molar-refractivity contribution >= 4 is 15.8 Å². The zero-order chi connectivity index (χ0) is 12.9. The zero-order valence-corrected chi connectivity index (χ0v) is 10.7. The number of carboxylic acid groups (broad SMARTS) is 1. The van der Waals surface area contributed by atoms with Gasteiger partial charge in [0.2, 0.25) is 0 Å². The number of rotatable bonds is 6. The van der Waals surface area contributed by atoms with Crippen molar-refractivity contribution in [1.82, 2.24) is 5.32 Å². The van der Waals surface area contributed by atoms with Gasteiger partial charge >= 0.3 is 5.97 Å². The average molecular weight is 265 g/mol. The number of hydrogen-bond acceptors (Lipinski definition) is 5. The summed E-state index contributed by atoms with van der Waals surface area (Å²) in [7, 11) is -2.94. The van der Waals surface area contributed by atoms with Crippen molar-refractivity contribution < 1.29 is 23.1 Å². The Bertz CT molecular complexity index is 354. The molecule has 1 saturated heterocycles. The Morgan fingerprint density at radius 2 is 2.18 bits per heavy atom. The Balaban J connectivity index is 2.21. The van der Waals surface area contributed by atoms with Crippen molar-refractivity contribution in [2.24, 2.45) is 5.92 Å². The van der Waals surface area contributed by atoms with E-state index >= 15 is 0 Å². The number of sulfone groups is 1. The summed E-state index contributed by atoms with van der Waals surface area (Å²) in [4.78, 5) is 10.8. The molecule has 1 heterocycles. The van der Waals surface area contributed by atoms with Gasteiger partial charge in [0.05, 0.1) is 17.8 Å². The Hall–Kier alpha value is -0.660. The molecule has 0 bridgehead atoms. The van der Waals surface area contributed by atoms with Gasteiger partial charge in [-0.2, -0.15) is 0 Å². The summed E-state index contributed by atoms with van der Waals surface area (Å²) in [6.07, 6.45) is 1.99. The molecule has 1 rings (SSSR count). The summed E-state index contributed by atoms with van der Waals surface area (Å²) >= 11 is 0. The van der Waals surface area contributed by atoms with Crippen LogP contribution in [0.3, 0.4) is 0 Å². The lowest BCUT2D eigenvalue weighted by Gasteiger charge is -2.27. The number of carboxylic acids is 1. The summed E-state index contributed by atoms with van der Waals surface area (Å²) in [5.41, 5.74) is 0. The third kappa shape index (κ3) is 5.99. The molecule has 1 aliphatic heterocycles. The van der Waals surface area contributed by atoms with Crippen molar-refractivity contribution in [2.75, 3.05) is 31.7 Å². The second-order valence-electron chi connectivity index (χ2n) is 4.41. The molecular weight excluding hydrogens is 246 g/mol. The molecule has 0 radical (unpaired) electrons. The SMILES string of the molecule is CS(=O)(=O)CCCOC1CNCC(C(=O)O)C1. The van der Waals surface area contributed by atoms with Gasteiger partial charge in [0.15, 0.2) is 0 Å². The highest BCUT2D eigenvalue weighted by molar-refractivity contribution is 7.90. The number of nitrogens with one attached hydrogen (secondary N) is 1. The fourth-order valence-corrected chi connectivity index (χ4v) is 2.43. The minimum atomic E-state index is -2.94. The van der Waals surface area contributed by atoms with E-state index in [2.05, 4.69) is 5.32 Å². The zero-order valence-electron chi connectivity index (χ0n) is 9.89. The van der Waals surface area contributed by atoms with Crippen molar-refractivity contribution in [2.45, 2.75) is 18.9 Å². The number of aliphatic carboxylic acids is 1. The number of hydrogen-bond donors (Lipinski definition) is 2. The first-order chi connectivity index (χ1) is 7.88. The molecule has 0 amide bonds. The highest BCUT2D eigenvalue weighted by atomic mass is 32.2. The van der Waals surface area contributed by atoms with Crippen LogP contribution in [0, 0.1) is 5.92 Å². The van der Waals surface area contributed by atoms with Gasteiger partial charge in [-0.15, -0.1) is 0 Å². The van der Waals surface area contributed by atoms with E-state index in [1.165, 1.54) is 6.26 Å². The van der Waals surface area contributed by atoms with Gasteiger partial charge in [0, 0.05) is 26.0 Å². The van der Waals surface area contributed by atoms with Crippen molar-refractivity contribution in [3.63, 3.8) is 0 Å². The fourth-order valence-electron chi connectivity index (χ4n) is 1.79. The van der Waals surface area contributed by atoms with Crippen LogP contribution in [0.25, 0.3) is 0 Å². The van der Waals surface area contributed by atoms with Crippen LogP contribution in [0.5, 0.6) is 0 Å². The molecule has 7 heteroatoms. The molecule has 1 fully saturated rings. The molecule has 2 unspecified atom stereocenters. The summed E-state index contributed by atoms with van der Waals surface area (Å²) in [5, 5.41) is 11.9.